The van der Waals surface area contributed by atoms with E-state index in [0.717, 1.165) is 0 Å². The number of carbonyl (C=O) groups excluding carboxylic acids is 1. The van der Waals surface area contributed by atoms with Gasteiger partial charge in [-0.25, -0.2) is 0 Å². The van der Waals surface area contributed by atoms with E-state index in [1.165, 1.54) is 0 Å². The molecule has 0 spiro atoms. The van der Waals surface area contributed by atoms with E-state index < -0.39 is 43.3 Å². The second-order valence-corrected chi connectivity index (χ2v) is 3.89. The molecular weight excluding hydrogens is 244 g/mol. The SMILES string of the molecule is C#CCCC(=O)O[C@@H]1C(O)[C@@H](O)OC(CO)[C@H]1O. The summed E-state index contributed by atoms with van der Waals surface area (Å²) in [6.45, 7) is -0.580. The first kappa shape index (κ1) is 14.9. The fourth-order valence-electron chi connectivity index (χ4n) is 1.59. The van der Waals surface area contributed by atoms with Gasteiger partial charge in [-0.1, -0.05) is 0 Å². The summed E-state index contributed by atoms with van der Waals surface area (Å²) in [5.74, 6) is 1.54. The van der Waals surface area contributed by atoms with Crippen molar-refractivity contribution in [2.24, 2.45) is 0 Å². The molecule has 0 radical (unpaired) electrons. The first-order chi connectivity index (χ1) is 8.51. The first-order valence-electron chi connectivity index (χ1n) is 5.44. The summed E-state index contributed by atoms with van der Waals surface area (Å²) in [4.78, 5) is 11.3. The predicted molar refractivity (Wildman–Crippen MR) is 57.9 cm³/mol. The van der Waals surface area contributed by atoms with E-state index in [9.17, 15) is 20.1 Å². The topological polar surface area (TPSA) is 116 Å². The highest BCUT2D eigenvalue weighted by Gasteiger charge is 2.45. The van der Waals surface area contributed by atoms with Crippen molar-refractivity contribution in [2.45, 2.75) is 43.5 Å². The molecule has 0 aromatic rings. The quantitative estimate of drug-likeness (QED) is 0.333. The van der Waals surface area contributed by atoms with Crippen molar-refractivity contribution in [3.63, 3.8) is 0 Å². The van der Waals surface area contributed by atoms with Crippen LogP contribution in [0.3, 0.4) is 0 Å². The van der Waals surface area contributed by atoms with Crippen molar-refractivity contribution in [2.75, 3.05) is 6.61 Å². The monoisotopic (exact) mass is 260 g/mol. The standard InChI is InChI=1S/C11H16O7/c1-2-3-4-7(13)18-10-8(14)6(5-12)17-11(16)9(10)15/h1,6,8-12,14-16H,3-5H2/t6?,8-,9?,10+,11+/m1/s1. The van der Waals surface area contributed by atoms with E-state index in [0.29, 0.717) is 0 Å². The maximum absolute atomic E-state index is 11.3. The van der Waals surface area contributed by atoms with Crippen LogP contribution in [0.2, 0.25) is 0 Å². The normalized spacial score (nSPS) is 35.8. The van der Waals surface area contributed by atoms with Crippen LogP contribution in [0.15, 0.2) is 0 Å². The van der Waals surface area contributed by atoms with Gasteiger partial charge in [-0.05, 0) is 0 Å². The number of hydrogen-bond acceptors (Lipinski definition) is 7. The molecule has 1 heterocycles. The molecule has 0 amide bonds. The lowest BCUT2D eigenvalue weighted by Gasteiger charge is -2.39. The number of rotatable bonds is 4. The van der Waals surface area contributed by atoms with Gasteiger partial charge in [0.05, 0.1) is 13.0 Å². The molecule has 0 aliphatic carbocycles. The zero-order valence-electron chi connectivity index (χ0n) is 9.60. The Kier molecular flexibility index (Phi) is 5.53. The molecule has 0 saturated carbocycles. The number of aliphatic hydroxyl groups is 4. The number of carbonyl (C=O) groups is 1. The van der Waals surface area contributed by atoms with Gasteiger partial charge in [-0.15, -0.1) is 12.3 Å². The summed E-state index contributed by atoms with van der Waals surface area (Å²) in [5.41, 5.74) is 0. The molecule has 1 aliphatic heterocycles. The molecule has 1 fully saturated rings. The second kappa shape index (κ2) is 6.68. The maximum Gasteiger partial charge on any atom is 0.307 e. The van der Waals surface area contributed by atoms with Crippen LogP contribution in [0, 0.1) is 12.3 Å². The molecule has 1 aliphatic rings. The van der Waals surface area contributed by atoms with Gasteiger partial charge in [0.2, 0.25) is 0 Å². The smallest absolute Gasteiger partial charge is 0.307 e. The Labute approximate surface area is 104 Å². The van der Waals surface area contributed by atoms with E-state index in [2.05, 4.69) is 5.92 Å². The Balaban J connectivity index is 2.65. The van der Waals surface area contributed by atoms with Gasteiger partial charge in [0.15, 0.2) is 12.4 Å². The molecule has 4 N–H and O–H groups in total. The second-order valence-electron chi connectivity index (χ2n) is 3.89. The van der Waals surface area contributed by atoms with Crippen LogP contribution in [-0.2, 0) is 14.3 Å². The Morgan fingerprint density at radius 1 is 1.33 bits per heavy atom. The summed E-state index contributed by atoms with van der Waals surface area (Å²) in [6.07, 6.45) is -2.07. The van der Waals surface area contributed by atoms with Crippen molar-refractivity contribution < 1.29 is 34.7 Å². The third-order valence-corrected chi connectivity index (χ3v) is 2.58. The van der Waals surface area contributed by atoms with Gasteiger partial charge in [0, 0.05) is 6.42 Å². The Morgan fingerprint density at radius 2 is 2.00 bits per heavy atom. The van der Waals surface area contributed by atoms with Crippen LogP contribution in [-0.4, -0.2) is 63.7 Å². The van der Waals surface area contributed by atoms with Crippen molar-refractivity contribution in [1.82, 2.24) is 0 Å². The highest BCUT2D eigenvalue weighted by molar-refractivity contribution is 5.70. The van der Waals surface area contributed by atoms with Gasteiger partial charge in [-0.3, -0.25) is 4.79 Å². The van der Waals surface area contributed by atoms with E-state index in [1.807, 2.05) is 0 Å². The number of hydrogen-bond donors (Lipinski definition) is 4. The molecule has 1 rings (SSSR count). The largest absolute Gasteiger partial charge is 0.456 e. The molecule has 102 valence electrons. The average Bonchev–Trinajstić information content (AvgIpc) is 2.36. The Hall–Kier alpha value is -1.17. The van der Waals surface area contributed by atoms with E-state index in [4.69, 9.17) is 21.0 Å². The summed E-state index contributed by atoms with van der Waals surface area (Å²) < 4.78 is 9.57. The number of ether oxygens (including phenoxy) is 2. The third-order valence-electron chi connectivity index (χ3n) is 2.58. The summed E-state index contributed by atoms with van der Waals surface area (Å²) in [5, 5.41) is 37.5. The minimum Gasteiger partial charge on any atom is -0.456 e. The van der Waals surface area contributed by atoms with Gasteiger partial charge in [-0.2, -0.15) is 0 Å². The van der Waals surface area contributed by atoms with Crippen molar-refractivity contribution >= 4 is 5.97 Å². The van der Waals surface area contributed by atoms with Gasteiger partial charge >= 0.3 is 5.97 Å². The summed E-state index contributed by atoms with van der Waals surface area (Å²) in [6, 6.07) is 0. The molecule has 18 heavy (non-hydrogen) atoms. The fraction of sp³-hybridized carbons (Fsp3) is 0.727. The van der Waals surface area contributed by atoms with Crippen molar-refractivity contribution in [3.8, 4) is 12.3 Å². The van der Waals surface area contributed by atoms with Crippen LogP contribution >= 0.6 is 0 Å². The lowest BCUT2D eigenvalue weighted by molar-refractivity contribution is -0.289. The molecule has 0 aromatic carbocycles. The highest BCUT2D eigenvalue weighted by atomic mass is 16.7. The van der Waals surface area contributed by atoms with E-state index in [1.54, 1.807) is 0 Å². The third kappa shape index (κ3) is 3.41. The van der Waals surface area contributed by atoms with Crippen LogP contribution in [0.4, 0.5) is 0 Å². The average molecular weight is 260 g/mol. The molecule has 2 unspecified atom stereocenters. The van der Waals surface area contributed by atoms with Gasteiger partial charge < -0.3 is 29.9 Å². The summed E-state index contributed by atoms with van der Waals surface area (Å²) in [7, 11) is 0. The minimum atomic E-state index is -1.64. The molecule has 0 bridgehead atoms. The lowest BCUT2D eigenvalue weighted by Crippen LogP contribution is -2.59. The van der Waals surface area contributed by atoms with E-state index >= 15 is 0 Å². The first-order valence-corrected chi connectivity index (χ1v) is 5.44. The summed E-state index contributed by atoms with van der Waals surface area (Å²) >= 11 is 0. The van der Waals surface area contributed by atoms with Crippen molar-refractivity contribution in [3.05, 3.63) is 0 Å². The van der Waals surface area contributed by atoms with Crippen LogP contribution in [0.1, 0.15) is 12.8 Å². The molecule has 5 atom stereocenters. The Morgan fingerprint density at radius 3 is 2.56 bits per heavy atom. The number of aliphatic hydroxyl groups excluding tert-OH is 4. The van der Waals surface area contributed by atoms with Crippen LogP contribution in [0.5, 0.6) is 0 Å². The lowest BCUT2D eigenvalue weighted by atomic mass is 9.99. The molecule has 7 heteroatoms. The molecule has 0 aromatic heterocycles. The maximum atomic E-state index is 11.3. The number of terminal acetylenes is 1. The predicted octanol–water partition coefficient (Wildman–Crippen LogP) is -2.26. The highest BCUT2D eigenvalue weighted by Crippen LogP contribution is 2.22. The van der Waals surface area contributed by atoms with Gasteiger partial charge in [0.25, 0.3) is 0 Å². The minimum absolute atomic E-state index is 0.0623. The van der Waals surface area contributed by atoms with E-state index in [-0.39, 0.29) is 12.8 Å². The van der Waals surface area contributed by atoms with Gasteiger partial charge in [0.1, 0.15) is 18.3 Å². The fourth-order valence-corrected chi connectivity index (χ4v) is 1.59. The zero-order valence-corrected chi connectivity index (χ0v) is 9.60. The number of esters is 1. The molecular formula is C11H16O7. The van der Waals surface area contributed by atoms with Crippen LogP contribution < -0.4 is 0 Å². The van der Waals surface area contributed by atoms with Crippen molar-refractivity contribution in [1.29, 1.82) is 0 Å². The van der Waals surface area contributed by atoms with Crippen LogP contribution in [0.25, 0.3) is 0 Å². The molecule has 7 nitrogen and oxygen atoms in total. The Bertz CT molecular complexity index is 324. The zero-order chi connectivity index (χ0) is 13.7. The molecule has 1 saturated heterocycles.